The van der Waals surface area contributed by atoms with Crippen LogP contribution < -0.4 is 14.2 Å². The summed E-state index contributed by atoms with van der Waals surface area (Å²) in [5, 5.41) is 32.2. The van der Waals surface area contributed by atoms with E-state index in [0.717, 1.165) is 11.6 Å². The van der Waals surface area contributed by atoms with Gasteiger partial charge in [-0.05, 0) is 48.6 Å². The molecule has 0 amide bonds. The number of nitro benzene ring substituents is 1. The summed E-state index contributed by atoms with van der Waals surface area (Å²) in [6.45, 7) is -0.255. The van der Waals surface area contributed by atoms with E-state index < -0.39 is 35.3 Å². The van der Waals surface area contributed by atoms with Gasteiger partial charge in [0.15, 0.2) is 11.5 Å². The minimum absolute atomic E-state index is 0.0700. The Morgan fingerprint density at radius 2 is 1.65 bits per heavy atom. The van der Waals surface area contributed by atoms with Gasteiger partial charge in [0.2, 0.25) is 11.4 Å². The number of methoxy groups -OCH3 is 2. The number of hydrogen-bond acceptors (Lipinski definition) is 8. The van der Waals surface area contributed by atoms with E-state index in [-0.39, 0.29) is 54.6 Å². The first-order valence-electron chi connectivity index (χ1n) is 15.3. The number of piperidine rings is 1. The van der Waals surface area contributed by atoms with Crippen LogP contribution in [0.15, 0.2) is 66.9 Å². The zero-order chi connectivity index (χ0) is 34.6. The number of nitrogens with zero attached hydrogens (tertiary/aromatic N) is 3. The number of benzene rings is 3. The quantitative estimate of drug-likeness (QED) is 0.131. The predicted octanol–water partition coefficient (Wildman–Crippen LogP) is 5.93. The maximum atomic E-state index is 14.9. The van der Waals surface area contributed by atoms with Crippen LogP contribution in [0, 0.1) is 10.1 Å². The van der Waals surface area contributed by atoms with Crippen LogP contribution in [-0.2, 0) is 23.4 Å². The number of fused-ring (bicyclic) bond motifs is 1. The number of halogens is 3. The number of rotatable bonds is 13. The fraction of sp³-hybridized carbons (Fsp3) is 0.382. The Kier molecular flexibility index (Phi) is 10.2. The van der Waals surface area contributed by atoms with Crippen molar-refractivity contribution in [3.05, 3.63) is 93.7 Å². The Morgan fingerprint density at radius 1 is 1.00 bits per heavy atom. The summed E-state index contributed by atoms with van der Waals surface area (Å²) in [7, 11) is 2.89. The third-order valence-electron chi connectivity index (χ3n) is 8.61. The van der Waals surface area contributed by atoms with Gasteiger partial charge in [0.25, 0.3) is 5.69 Å². The van der Waals surface area contributed by atoms with E-state index in [1.165, 1.54) is 42.0 Å². The van der Waals surface area contributed by atoms with Gasteiger partial charge in [-0.25, -0.2) is 0 Å². The molecule has 0 aliphatic carbocycles. The van der Waals surface area contributed by atoms with Crippen LogP contribution in [0.2, 0.25) is 0 Å². The highest BCUT2D eigenvalue weighted by molar-refractivity contribution is 5.87. The average Bonchev–Trinajstić information content (AvgIpc) is 3.42. The van der Waals surface area contributed by atoms with Crippen LogP contribution >= 0.6 is 0 Å². The lowest BCUT2D eigenvalue weighted by Gasteiger charge is -2.39. The summed E-state index contributed by atoms with van der Waals surface area (Å²) in [6, 6.07) is 15.9. The highest BCUT2D eigenvalue weighted by Crippen LogP contribution is 2.45. The lowest BCUT2D eigenvalue weighted by Crippen LogP contribution is -2.53. The number of likely N-dealkylation sites (tertiary alicyclic amines) is 1. The Hall–Kier alpha value is -4.82. The standard InChI is InChI=1S/C34H36F3N3O8/c1-46-29-16-23(8-11-31(41)42)17-30(47-2)32(29)48-25-12-14-38(15-13-25)21-33(43,34(35,36)37)27-20-39(19-22-6-4-3-5-7-22)28-18-24(40(44)45)9-10-26(27)28/h3-7,9-10,16-18,20,25,43H,8,11-15,19,21H2,1-2H3,(H,41,42). The number of carboxylic acids is 1. The van der Waals surface area contributed by atoms with E-state index in [1.54, 1.807) is 42.5 Å². The highest BCUT2D eigenvalue weighted by Gasteiger charge is 2.57. The van der Waals surface area contributed by atoms with Crippen molar-refractivity contribution in [1.29, 1.82) is 0 Å². The molecule has 5 rings (SSSR count). The summed E-state index contributed by atoms with van der Waals surface area (Å²) in [5.74, 6) is 0.0514. The first-order chi connectivity index (χ1) is 22.8. The van der Waals surface area contributed by atoms with E-state index in [9.17, 15) is 33.2 Å². The van der Waals surface area contributed by atoms with Crippen molar-refractivity contribution >= 4 is 22.6 Å². The first-order valence-corrected chi connectivity index (χ1v) is 15.3. The molecule has 2 N–H and O–H groups in total. The largest absolute Gasteiger partial charge is 0.493 e. The Balaban J connectivity index is 1.38. The number of ether oxygens (including phenoxy) is 3. The number of carboxylic acid groups (broad SMARTS) is 1. The Bertz CT molecular complexity index is 1750. The number of alkyl halides is 3. The molecule has 14 heteroatoms. The molecule has 1 aromatic heterocycles. The molecule has 1 aliphatic heterocycles. The number of aliphatic hydroxyl groups is 1. The molecule has 256 valence electrons. The monoisotopic (exact) mass is 671 g/mol. The number of hydrogen-bond donors (Lipinski definition) is 2. The van der Waals surface area contributed by atoms with Crippen LogP contribution in [0.1, 0.15) is 36.0 Å². The van der Waals surface area contributed by atoms with E-state index in [4.69, 9.17) is 19.3 Å². The van der Waals surface area contributed by atoms with Crippen molar-refractivity contribution in [1.82, 2.24) is 9.47 Å². The van der Waals surface area contributed by atoms with Crippen LogP contribution in [0.4, 0.5) is 18.9 Å². The zero-order valence-corrected chi connectivity index (χ0v) is 26.4. The van der Waals surface area contributed by atoms with Gasteiger partial charge < -0.3 is 29.0 Å². The van der Waals surface area contributed by atoms with Gasteiger partial charge in [-0.15, -0.1) is 0 Å². The molecule has 48 heavy (non-hydrogen) atoms. The summed E-state index contributed by atoms with van der Waals surface area (Å²) in [4.78, 5) is 23.5. The molecule has 1 saturated heterocycles. The van der Waals surface area contributed by atoms with Gasteiger partial charge >= 0.3 is 12.1 Å². The molecule has 0 radical (unpaired) electrons. The molecular formula is C34H36F3N3O8. The minimum Gasteiger partial charge on any atom is -0.493 e. The molecule has 3 aromatic carbocycles. The van der Waals surface area contributed by atoms with Gasteiger partial charge in [0.1, 0.15) is 6.10 Å². The molecule has 1 fully saturated rings. The van der Waals surface area contributed by atoms with Crippen LogP contribution in [0.5, 0.6) is 17.2 Å². The second-order valence-corrected chi connectivity index (χ2v) is 11.8. The lowest BCUT2D eigenvalue weighted by molar-refractivity contribution is -0.384. The molecular weight excluding hydrogens is 635 g/mol. The smallest absolute Gasteiger partial charge is 0.422 e. The molecule has 1 atom stereocenters. The summed E-state index contributed by atoms with van der Waals surface area (Å²) in [5.41, 5.74) is -2.29. The molecule has 0 saturated carbocycles. The number of nitro groups is 1. The van der Waals surface area contributed by atoms with E-state index >= 15 is 0 Å². The van der Waals surface area contributed by atoms with Crippen LogP contribution in [-0.4, -0.2) is 76.7 Å². The second-order valence-electron chi connectivity index (χ2n) is 11.8. The molecule has 1 unspecified atom stereocenters. The molecule has 11 nitrogen and oxygen atoms in total. The molecule has 0 spiro atoms. The highest BCUT2D eigenvalue weighted by atomic mass is 19.4. The molecule has 0 bridgehead atoms. The molecule has 4 aromatic rings. The van der Waals surface area contributed by atoms with Crippen molar-refractivity contribution in [2.45, 2.75) is 50.1 Å². The third kappa shape index (κ3) is 7.34. The fourth-order valence-corrected chi connectivity index (χ4v) is 6.08. The van der Waals surface area contributed by atoms with E-state index in [2.05, 4.69) is 0 Å². The number of non-ortho nitro benzene ring substituents is 1. The van der Waals surface area contributed by atoms with Gasteiger partial charge in [-0.2, -0.15) is 13.2 Å². The molecule has 1 aliphatic rings. The summed E-state index contributed by atoms with van der Waals surface area (Å²) < 4.78 is 63.4. The zero-order valence-electron chi connectivity index (χ0n) is 26.4. The summed E-state index contributed by atoms with van der Waals surface area (Å²) in [6.07, 6.45) is -3.39. The van der Waals surface area contributed by atoms with Crippen LogP contribution in [0.3, 0.4) is 0 Å². The third-order valence-corrected chi connectivity index (χ3v) is 8.61. The van der Waals surface area contributed by atoms with Crippen molar-refractivity contribution in [2.75, 3.05) is 33.9 Å². The fourth-order valence-electron chi connectivity index (χ4n) is 6.08. The van der Waals surface area contributed by atoms with Gasteiger partial charge in [0.05, 0.1) is 24.7 Å². The minimum atomic E-state index is -5.07. The maximum absolute atomic E-state index is 14.9. The number of carbonyl (C=O) groups is 1. The average molecular weight is 672 g/mol. The van der Waals surface area contributed by atoms with Crippen molar-refractivity contribution in [2.24, 2.45) is 0 Å². The maximum Gasteiger partial charge on any atom is 0.422 e. The number of aromatic nitrogens is 1. The Morgan fingerprint density at radius 3 is 2.21 bits per heavy atom. The lowest BCUT2D eigenvalue weighted by atomic mass is 9.91. The van der Waals surface area contributed by atoms with Gasteiger partial charge in [-0.3, -0.25) is 19.8 Å². The van der Waals surface area contributed by atoms with Crippen molar-refractivity contribution < 1.29 is 47.3 Å². The van der Waals surface area contributed by atoms with Crippen LogP contribution in [0.25, 0.3) is 10.9 Å². The number of β-amino-alcohol motifs (C(OH)–C–C–N with tert-alkyl or cyclic N) is 1. The van der Waals surface area contributed by atoms with E-state index in [1.807, 2.05) is 0 Å². The predicted molar refractivity (Wildman–Crippen MR) is 170 cm³/mol. The Labute approximate surface area is 274 Å². The normalized spacial score (nSPS) is 15.6. The number of aryl methyl sites for hydroxylation is 1. The van der Waals surface area contributed by atoms with Crippen molar-refractivity contribution in [3.8, 4) is 17.2 Å². The second kappa shape index (κ2) is 14.1. The SMILES string of the molecule is COc1cc(CCC(=O)O)cc(OC)c1OC1CCN(CC(O)(c2cn(Cc3ccccc3)c3cc([N+](=O)[O-])ccc23)C(F)(F)F)CC1. The number of aliphatic carboxylic acids is 1. The first kappa shape index (κ1) is 34.5. The topological polar surface area (TPSA) is 137 Å². The summed E-state index contributed by atoms with van der Waals surface area (Å²) >= 11 is 0. The van der Waals surface area contributed by atoms with E-state index in [0.29, 0.717) is 35.7 Å². The van der Waals surface area contributed by atoms with Crippen molar-refractivity contribution in [3.63, 3.8) is 0 Å². The van der Waals surface area contributed by atoms with Gasteiger partial charge in [0, 0.05) is 61.9 Å². The molecule has 2 heterocycles. The van der Waals surface area contributed by atoms with Gasteiger partial charge in [-0.1, -0.05) is 30.3 Å².